The van der Waals surface area contributed by atoms with Crippen molar-refractivity contribution in [2.24, 2.45) is 0 Å². The molecule has 4 N–H and O–H groups in total. The number of sulfonamides is 1. The summed E-state index contributed by atoms with van der Waals surface area (Å²) in [6.07, 6.45) is 1.57. The Morgan fingerprint density at radius 2 is 1.94 bits per heavy atom. The minimum atomic E-state index is -3.38. The van der Waals surface area contributed by atoms with Crippen LogP contribution in [0.15, 0.2) is 18.2 Å². The van der Waals surface area contributed by atoms with Gasteiger partial charge in [-0.05, 0) is 44.5 Å². The van der Waals surface area contributed by atoms with E-state index in [1.54, 1.807) is 0 Å². The molecule has 0 saturated carbocycles. The molecule has 0 aliphatic carbocycles. The molecule has 194 valence electrons. The maximum atomic E-state index is 14.0. The predicted octanol–water partition coefficient (Wildman–Crippen LogP) is 2.14. The number of aromatic nitrogens is 1. The van der Waals surface area contributed by atoms with E-state index in [4.69, 9.17) is 10.8 Å². The standard InChI is InChI=1S/C22H31F2N5O4S2/c1-2-28(12-13-30)9-4-14-35(32,33)29-10-7-15(8-11-29)26-22-27-21(25)20(34-22)19(31)18-16(23)5-3-6-17(18)24/h3,5-6,15,30H,2,4,7-14,25H2,1H3,(H,26,27). The second-order valence-corrected chi connectivity index (χ2v) is 11.4. The maximum absolute atomic E-state index is 14.0. The van der Waals surface area contributed by atoms with Crippen molar-refractivity contribution in [3.63, 3.8) is 0 Å². The van der Waals surface area contributed by atoms with E-state index in [-0.39, 0.29) is 29.1 Å². The van der Waals surface area contributed by atoms with Crippen molar-refractivity contribution in [3.8, 4) is 0 Å². The molecule has 1 saturated heterocycles. The van der Waals surface area contributed by atoms with Crippen LogP contribution in [0, 0.1) is 11.6 Å². The molecule has 0 amide bonds. The molecule has 2 aromatic rings. The number of likely N-dealkylation sites (N-methyl/N-ethyl adjacent to an activating group) is 1. The molecule has 1 aromatic carbocycles. The average molecular weight is 532 g/mol. The highest BCUT2D eigenvalue weighted by atomic mass is 32.2. The number of halogens is 2. The second-order valence-electron chi connectivity index (χ2n) is 8.30. The molecule has 1 fully saturated rings. The van der Waals surface area contributed by atoms with Crippen LogP contribution in [-0.2, 0) is 10.0 Å². The fourth-order valence-electron chi connectivity index (χ4n) is 4.01. The van der Waals surface area contributed by atoms with Crippen molar-refractivity contribution in [2.45, 2.75) is 32.2 Å². The Morgan fingerprint density at radius 3 is 2.54 bits per heavy atom. The quantitative estimate of drug-likeness (QED) is 0.356. The lowest BCUT2D eigenvalue weighted by Gasteiger charge is -2.31. The van der Waals surface area contributed by atoms with Crippen LogP contribution in [-0.4, -0.2) is 84.6 Å². The molecule has 1 aromatic heterocycles. The normalized spacial score (nSPS) is 15.6. The van der Waals surface area contributed by atoms with Gasteiger partial charge >= 0.3 is 0 Å². The van der Waals surface area contributed by atoms with E-state index in [9.17, 15) is 22.0 Å². The zero-order valence-corrected chi connectivity index (χ0v) is 21.2. The van der Waals surface area contributed by atoms with Crippen molar-refractivity contribution in [3.05, 3.63) is 40.3 Å². The maximum Gasteiger partial charge on any atom is 0.214 e. The lowest BCUT2D eigenvalue weighted by molar-refractivity contribution is 0.103. The number of benzene rings is 1. The topological polar surface area (TPSA) is 129 Å². The van der Waals surface area contributed by atoms with Crippen molar-refractivity contribution in [1.29, 1.82) is 0 Å². The summed E-state index contributed by atoms with van der Waals surface area (Å²) in [5.41, 5.74) is 5.17. The van der Waals surface area contributed by atoms with Gasteiger partial charge in [0.1, 0.15) is 22.3 Å². The summed E-state index contributed by atoms with van der Waals surface area (Å²) in [6.45, 7) is 4.59. The molecule has 0 bridgehead atoms. The molecule has 2 heterocycles. The fraction of sp³-hybridized carbons (Fsp3) is 0.545. The Labute approximate surface area is 208 Å². The zero-order valence-electron chi connectivity index (χ0n) is 19.5. The minimum absolute atomic E-state index is 0.0432. The van der Waals surface area contributed by atoms with E-state index in [0.717, 1.165) is 30.0 Å². The van der Waals surface area contributed by atoms with Gasteiger partial charge in [-0.15, -0.1) is 0 Å². The van der Waals surface area contributed by atoms with Gasteiger partial charge in [0.15, 0.2) is 5.13 Å². The Morgan fingerprint density at radius 1 is 1.29 bits per heavy atom. The monoisotopic (exact) mass is 531 g/mol. The molecule has 0 radical (unpaired) electrons. The Balaban J connectivity index is 1.54. The number of nitrogens with two attached hydrogens (primary N) is 1. The lowest BCUT2D eigenvalue weighted by atomic mass is 10.1. The summed E-state index contributed by atoms with van der Waals surface area (Å²) in [4.78, 5) is 18.7. The number of carbonyl (C=O) groups excluding carboxylic acids is 1. The van der Waals surface area contributed by atoms with Crippen LogP contribution in [0.4, 0.5) is 19.7 Å². The highest BCUT2D eigenvalue weighted by Gasteiger charge is 2.29. The Bertz CT molecular complexity index is 1100. The first kappa shape index (κ1) is 27.4. The van der Waals surface area contributed by atoms with Crippen LogP contribution in [0.1, 0.15) is 41.4 Å². The number of piperidine rings is 1. The largest absolute Gasteiger partial charge is 0.395 e. The van der Waals surface area contributed by atoms with Gasteiger partial charge in [-0.3, -0.25) is 4.79 Å². The first-order valence-electron chi connectivity index (χ1n) is 11.5. The van der Waals surface area contributed by atoms with Gasteiger partial charge in [-0.25, -0.2) is 26.5 Å². The summed E-state index contributed by atoms with van der Waals surface area (Å²) in [5, 5.41) is 12.6. The third-order valence-corrected chi connectivity index (χ3v) is 8.92. The molecular weight excluding hydrogens is 500 g/mol. The van der Waals surface area contributed by atoms with Crippen LogP contribution in [0.25, 0.3) is 0 Å². The number of rotatable bonds is 12. The molecule has 0 unspecified atom stereocenters. The van der Waals surface area contributed by atoms with Crippen molar-refractivity contribution in [1.82, 2.24) is 14.2 Å². The smallest absolute Gasteiger partial charge is 0.214 e. The van der Waals surface area contributed by atoms with Gasteiger partial charge in [-0.2, -0.15) is 0 Å². The summed E-state index contributed by atoms with van der Waals surface area (Å²) in [5.74, 6) is -2.88. The number of thiazole rings is 1. The van der Waals surface area contributed by atoms with Crippen LogP contribution >= 0.6 is 11.3 Å². The molecule has 1 aliphatic rings. The number of ketones is 1. The number of nitrogen functional groups attached to an aromatic ring is 1. The molecule has 0 spiro atoms. The number of nitrogens with zero attached hydrogens (tertiary/aromatic N) is 3. The molecule has 0 atom stereocenters. The number of anilines is 2. The number of nitrogens with one attached hydrogen (secondary N) is 1. The first-order chi connectivity index (χ1) is 16.7. The van der Waals surface area contributed by atoms with Crippen LogP contribution in [0.3, 0.4) is 0 Å². The van der Waals surface area contributed by atoms with Gasteiger partial charge in [0.05, 0.1) is 17.9 Å². The van der Waals surface area contributed by atoms with Gasteiger partial charge in [0.25, 0.3) is 0 Å². The Hall–Kier alpha value is -2.19. The van der Waals surface area contributed by atoms with E-state index < -0.39 is 33.0 Å². The SMILES string of the molecule is CCN(CCO)CCCS(=O)(=O)N1CCC(Nc2nc(N)c(C(=O)c3c(F)cccc3F)s2)CC1. The number of aliphatic hydroxyl groups is 1. The third kappa shape index (κ3) is 6.94. The van der Waals surface area contributed by atoms with Gasteiger partial charge < -0.3 is 21.1 Å². The van der Waals surface area contributed by atoms with Crippen LogP contribution in [0.5, 0.6) is 0 Å². The molecule has 13 heteroatoms. The molecule has 35 heavy (non-hydrogen) atoms. The fourth-order valence-corrected chi connectivity index (χ4v) is 6.43. The summed E-state index contributed by atoms with van der Waals surface area (Å²) < 4.78 is 54.9. The molecule has 1 aliphatic heterocycles. The number of aliphatic hydroxyl groups excluding tert-OH is 1. The number of carbonyl (C=O) groups is 1. The highest BCUT2D eigenvalue weighted by molar-refractivity contribution is 7.89. The van der Waals surface area contributed by atoms with E-state index in [0.29, 0.717) is 50.6 Å². The third-order valence-electron chi connectivity index (χ3n) is 5.96. The zero-order chi connectivity index (χ0) is 25.6. The van der Waals surface area contributed by atoms with E-state index >= 15 is 0 Å². The van der Waals surface area contributed by atoms with Gasteiger partial charge in [0.2, 0.25) is 15.8 Å². The molecular formula is C22H31F2N5O4S2. The van der Waals surface area contributed by atoms with E-state index in [1.165, 1.54) is 10.4 Å². The van der Waals surface area contributed by atoms with E-state index in [2.05, 4.69) is 10.3 Å². The lowest BCUT2D eigenvalue weighted by Crippen LogP contribution is -2.43. The second kappa shape index (κ2) is 12.2. The minimum Gasteiger partial charge on any atom is -0.395 e. The number of hydrogen-bond donors (Lipinski definition) is 3. The predicted molar refractivity (Wildman–Crippen MR) is 132 cm³/mol. The van der Waals surface area contributed by atoms with Crippen LogP contribution < -0.4 is 11.1 Å². The molecule has 9 nitrogen and oxygen atoms in total. The van der Waals surface area contributed by atoms with Gasteiger partial charge in [-0.1, -0.05) is 24.3 Å². The molecule has 3 rings (SSSR count). The van der Waals surface area contributed by atoms with Crippen molar-refractivity contribution in [2.75, 3.05) is 56.1 Å². The summed E-state index contributed by atoms with van der Waals surface area (Å²) >= 11 is 0.915. The van der Waals surface area contributed by atoms with Crippen molar-refractivity contribution >= 4 is 38.1 Å². The van der Waals surface area contributed by atoms with Crippen LogP contribution in [0.2, 0.25) is 0 Å². The van der Waals surface area contributed by atoms with Crippen molar-refractivity contribution < 1.29 is 27.1 Å². The summed E-state index contributed by atoms with van der Waals surface area (Å²) in [6, 6.07) is 3.10. The average Bonchev–Trinajstić information content (AvgIpc) is 3.18. The highest BCUT2D eigenvalue weighted by Crippen LogP contribution is 2.30. The Kier molecular flexibility index (Phi) is 9.53. The first-order valence-corrected chi connectivity index (χ1v) is 13.9. The summed E-state index contributed by atoms with van der Waals surface area (Å²) in [7, 11) is -3.38. The number of hydrogen-bond acceptors (Lipinski definition) is 9. The van der Waals surface area contributed by atoms with Gasteiger partial charge in [0, 0.05) is 25.7 Å². The van der Waals surface area contributed by atoms with E-state index in [1.807, 2.05) is 11.8 Å².